The Bertz CT molecular complexity index is 58.0. The molecule has 8 heavy (non-hydrogen) atoms. The molecule has 0 aliphatic carbocycles. The van der Waals surface area contributed by atoms with Gasteiger partial charge in [0.05, 0.1) is 6.61 Å². The zero-order valence-electron chi connectivity index (χ0n) is 4.87. The molecule has 0 radical (unpaired) electrons. The number of nitrogens with two attached hydrogens (primary N) is 2. The molecule has 0 aromatic rings. The summed E-state index contributed by atoms with van der Waals surface area (Å²) in [5, 5.41) is 8.28. The van der Waals surface area contributed by atoms with Crippen molar-refractivity contribution < 1.29 is 9.84 Å². The highest BCUT2D eigenvalue weighted by Crippen LogP contribution is 1.83. The van der Waals surface area contributed by atoms with Crippen LogP contribution < -0.4 is 11.5 Å². The van der Waals surface area contributed by atoms with Crippen LogP contribution >= 0.6 is 0 Å². The summed E-state index contributed by atoms with van der Waals surface area (Å²) < 4.78 is 4.70. The van der Waals surface area contributed by atoms with Crippen molar-refractivity contribution in [2.75, 3.05) is 6.61 Å². The van der Waals surface area contributed by atoms with E-state index in [0.29, 0.717) is 0 Å². The lowest BCUT2D eigenvalue weighted by molar-refractivity contribution is -0.0243. The quantitative estimate of drug-likeness (QED) is 0.399. The molecule has 0 aromatic heterocycles. The van der Waals surface area contributed by atoms with Crippen LogP contribution in [0.3, 0.4) is 0 Å². The Morgan fingerprint density at radius 2 is 2.12 bits per heavy atom. The van der Waals surface area contributed by atoms with Gasteiger partial charge in [0.25, 0.3) is 0 Å². The standard InChI is InChI=1S/C4H12N2O2/c1-3(5)8-4(6)2-7/h3-4,7H,2,5-6H2,1H3. The molecule has 0 rings (SSSR count). The van der Waals surface area contributed by atoms with E-state index in [0.717, 1.165) is 0 Å². The van der Waals surface area contributed by atoms with Crippen molar-refractivity contribution in [3.63, 3.8) is 0 Å². The van der Waals surface area contributed by atoms with Gasteiger partial charge in [-0.1, -0.05) is 0 Å². The van der Waals surface area contributed by atoms with Gasteiger partial charge in [0.1, 0.15) is 12.5 Å². The number of hydrogen-bond donors (Lipinski definition) is 3. The van der Waals surface area contributed by atoms with Crippen molar-refractivity contribution in [3.8, 4) is 0 Å². The highest BCUT2D eigenvalue weighted by Gasteiger charge is 2.00. The number of rotatable bonds is 3. The van der Waals surface area contributed by atoms with Gasteiger partial charge >= 0.3 is 0 Å². The zero-order chi connectivity index (χ0) is 6.57. The first-order chi connectivity index (χ1) is 3.66. The average Bonchev–Trinajstić information content (AvgIpc) is 1.65. The third kappa shape index (κ3) is 4.01. The van der Waals surface area contributed by atoms with Crippen molar-refractivity contribution >= 4 is 0 Å². The Balaban J connectivity index is 3.10. The minimum absolute atomic E-state index is 0.193. The minimum Gasteiger partial charge on any atom is -0.392 e. The van der Waals surface area contributed by atoms with Crippen LogP contribution in [0.4, 0.5) is 0 Å². The summed E-state index contributed by atoms with van der Waals surface area (Å²) in [5.41, 5.74) is 10.3. The minimum atomic E-state index is -0.644. The van der Waals surface area contributed by atoms with E-state index in [1.807, 2.05) is 0 Å². The SMILES string of the molecule is CC(N)OC(N)CO. The molecule has 4 nitrogen and oxygen atoms in total. The Kier molecular flexibility index (Phi) is 3.72. The molecule has 0 amide bonds. The van der Waals surface area contributed by atoms with E-state index >= 15 is 0 Å². The monoisotopic (exact) mass is 120 g/mol. The Morgan fingerprint density at radius 3 is 2.25 bits per heavy atom. The maximum atomic E-state index is 8.28. The molecule has 50 valence electrons. The third-order valence-corrected chi connectivity index (χ3v) is 0.569. The maximum Gasteiger partial charge on any atom is 0.131 e. The Morgan fingerprint density at radius 1 is 1.62 bits per heavy atom. The van der Waals surface area contributed by atoms with Gasteiger partial charge in [-0.15, -0.1) is 0 Å². The molecule has 0 saturated carbocycles. The molecule has 4 heteroatoms. The largest absolute Gasteiger partial charge is 0.392 e. The van der Waals surface area contributed by atoms with Gasteiger partial charge < -0.3 is 21.3 Å². The summed E-state index contributed by atoms with van der Waals surface area (Å²) in [6.45, 7) is 1.46. The first-order valence-corrected chi connectivity index (χ1v) is 2.44. The van der Waals surface area contributed by atoms with E-state index in [2.05, 4.69) is 0 Å². The van der Waals surface area contributed by atoms with Gasteiger partial charge in [0.15, 0.2) is 0 Å². The third-order valence-electron chi connectivity index (χ3n) is 0.569. The molecular weight excluding hydrogens is 108 g/mol. The van der Waals surface area contributed by atoms with Gasteiger partial charge in [0, 0.05) is 0 Å². The molecule has 0 spiro atoms. The maximum absolute atomic E-state index is 8.28. The first kappa shape index (κ1) is 7.84. The van der Waals surface area contributed by atoms with Crippen LogP contribution in [0.2, 0.25) is 0 Å². The van der Waals surface area contributed by atoms with E-state index in [-0.39, 0.29) is 6.61 Å². The van der Waals surface area contributed by atoms with Crippen molar-refractivity contribution in [2.24, 2.45) is 11.5 Å². The number of ether oxygens (including phenoxy) is 1. The summed E-state index contributed by atoms with van der Waals surface area (Å²) in [7, 11) is 0. The van der Waals surface area contributed by atoms with Gasteiger partial charge in [-0.3, -0.25) is 0 Å². The summed E-state index contributed by atoms with van der Waals surface area (Å²) >= 11 is 0. The van der Waals surface area contributed by atoms with E-state index in [4.69, 9.17) is 21.3 Å². The predicted molar refractivity (Wildman–Crippen MR) is 29.8 cm³/mol. The van der Waals surface area contributed by atoms with Gasteiger partial charge in [0.2, 0.25) is 0 Å². The summed E-state index contributed by atoms with van der Waals surface area (Å²) in [4.78, 5) is 0. The van der Waals surface area contributed by atoms with Crippen LogP contribution in [0, 0.1) is 0 Å². The molecule has 5 N–H and O–H groups in total. The molecular formula is C4H12N2O2. The second kappa shape index (κ2) is 3.80. The summed E-state index contributed by atoms with van der Waals surface area (Å²) in [6.07, 6.45) is -1.05. The Labute approximate surface area is 48.4 Å². The lowest BCUT2D eigenvalue weighted by Gasteiger charge is -2.11. The fraction of sp³-hybridized carbons (Fsp3) is 1.00. The van der Waals surface area contributed by atoms with E-state index < -0.39 is 12.5 Å². The van der Waals surface area contributed by atoms with E-state index in [9.17, 15) is 0 Å². The van der Waals surface area contributed by atoms with Crippen molar-refractivity contribution in [2.45, 2.75) is 19.4 Å². The molecule has 0 aromatic carbocycles. The first-order valence-electron chi connectivity index (χ1n) is 2.44. The summed E-state index contributed by atoms with van der Waals surface area (Å²) in [6, 6.07) is 0. The molecule has 2 atom stereocenters. The molecule has 0 saturated heterocycles. The van der Waals surface area contributed by atoms with Gasteiger partial charge in [-0.25, -0.2) is 0 Å². The topological polar surface area (TPSA) is 81.5 Å². The summed E-state index contributed by atoms with van der Waals surface area (Å²) in [5.74, 6) is 0. The predicted octanol–water partition coefficient (Wildman–Crippen LogP) is -1.42. The molecule has 0 aliphatic heterocycles. The van der Waals surface area contributed by atoms with Crippen LogP contribution in [0.1, 0.15) is 6.92 Å². The molecule has 0 bridgehead atoms. The average molecular weight is 120 g/mol. The molecule has 0 aliphatic rings. The van der Waals surface area contributed by atoms with Crippen LogP contribution in [0.25, 0.3) is 0 Å². The number of aliphatic hydroxyl groups excluding tert-OH is 1. The van der Waals surface area contributed by atoms with Crippen LogP contribution in [0.5, 0.6) is 0 Å². The van der Waals surface area contributed by atoms with Crippen molar-refractivity contribution in [1.29, 1.82) is 0 Å². The molecule has 0 heterocycles. The lowest BCUT2D eigenvalue weighted by atomic mass is 10.6. The smallest absolute Gasteiger partial charge is 0.131 e. The molecule has 2 unspecified atom stereocenters. The fourth-order valence-electron chi connectivity index (χ4n) is 0.319. The van der Waals surface area contributed by atoms with Gasteiger partial charge in [-0.05, 0) is 6.92 Å². The van der Waals surface area contributed by atoms with Crippen molar-refractivity contribution in [1.82, 2.24) is 0 Å². The molecule has 0 fully saturated rings. The van der Waals surface area contributed by atoms with E-state index in [1.54, 1.807) is 6.92 Å². The van der Waals surface area contributed by atoms with E-state index in [1.165, 1.54) is 0 Å². The van der Waals surface area contributed by atoms with Crippen molar-refractivity contribution in [3.05, 3.63) is 0 Å². The van der Waals surface area contributed by atoms with Crippen LogP contribution in [0.15, 0.2) is 0 Å². The number of aliphatic hydroxyl groups is 1. The second-order valence-corrected chi connectivity index (χ2v) is 1.56. The number of hydrogen-bond acceptors (Lipinski definition) is 4. The Hall–Kier alpha value is -0.160. The van der Waals surface area contributed by atoms with Crippen LogP contribution in [-0.2, 0) is 4.74 Å². The fourth-order valence-corrected chi connectivity index (χ4v) is 0.319. The van der Waals surface area contributed by atoms with Gasteiger partial charge in [-0.2, -0.15) is 0 Å². The zero-order valence-corrected chi connectivity index (χ0v) is 4.87. The second-order valence-electron chi connectivity index (χ2n) is 1.56. The lowest BCUT2D eigenvalue weighted by Crippen LogP contribution is -2.35. The normalized spacial score (nSPS) is 18.0. The highest BCUT2D eigenvalue weighted by molar-refractivity contribution is 4.43. The highest BCUT2D eigenvalue weighted by atomic mass is 16.5. The van der Waals surface area contributed by atoms with Crippen LogP contribution in [-0.4, -0.2) is 24.2 Å².